The van der Waals surface area contributed by atoms with E-state index in [-0.39, 0.29) is 5.82 Å². The number of hydrogen-bond donors (Lipinski definition) is 1. The molecule has 1 N–H and O–H groups in total. The van der Waals surface area contributed by atoms with Gasteiger partial charge < -0.3 is 5.32 Å². The van der Waals surface area contributed by atoms with Gasteiger partial charge in [-0.3, -0.25) is 0 Å². The number of nitrogens with one attached hydrogen (secondary N) is 1. The summed E-state index contributed by atoms with van der Waals surface area (Å²) in [5.41, 5.74) is 1.98. The molecule has 0 aliphatic heterocycles. The van der Waals surface area contributed by atoms with Crippen LogP contribution in [0, 0.1) is 5.82 Å². The number of hydrogen-bond acceptors (Lipinski definition) is 3. The third-order valence-corrected chi connectivity index (χ3v) is 3.63. The molecule has 2 heterocycles. The molecular formula is C15H13FN4. The second-order valence-electron chi connectivity index (χ2n) is 5.09. The Balaban J connectivity index is 1.52. The zero-order valence-corrected chi connectivity index (χ0v) is 10.7. The predicted molar refractivity (Wildman–Crippen MR) is 74.2 cm³/mol. The summed E-state index contributed by atoms with van der Waals surface area (Å²) in [6.07, 6.45) is 2.41. The fourth-order valence-corrected chi connectivity index (χ4v) is 2.51. The maximum atomic E-state index is 13.1. The Morgan fingerprint density at radius 3 is 2.85 bits per heavy atom. The van der Waals surface area contributed by atoms with E-state index >= 15 is 0 Å². The molecule has 100 valence electrons. The third-order valence-electron chi connectivity index (χ3n) is 3.63. The molecule has 2 aromatic heterocycles. The van der Waals surface area contributed by atoms with Crippen molar-refractivity contribution in [3.63, 3.8) is 0 Å². The molecule has 0 bridgehead atoms. The average molecular weight is 268 g/mol. The number of rotatable bonds is 3. The zero-order chi connectivity index (χ0) is 13.5. The topological polar surface area (TPSA) is 42.2 Å². The van der Waals surface area contributed by atoms with E-state index in [1.807, 2.05) is 6.07 Å². The summed E-state index contributed by atoms with van der Waals surface area (Å²) in [5.74, 6) is 0.751. The van der Waals surface area contributed by atoms with Crippen molar-refractivity contribution in [2.75, 3.05) is 5.32 Å². The standard InChI is InChI=1S/C15H13FN4/c16-11-6-7-14-18-15(19-20(14)9-11)17-13-8-12(13)10-4-2-1-3-5-10/h1-7,9,12-13H,8H2,(H,17,19). The summed E-state index contributed by atoms with van der Waals surface area (Å²) in [6, 6.07) is 13.8. The first-order valence-electron chi connectivity index (χ1n) is 6.63. The lowest BCUT2D eigenvalue weighted by Crippen LogP contribution is -2.05. The van der Waals surface area contributed by atoms with Crippen molar-refractivity contribution in [1.82, 2.24) is 14.6 Å². The summed E-state index contributed by atoms with van der Waals surface area (Å²) >= 11 is 0. The first kappa shape index (κ1) is 11.4. The molecular weight excluding hydrogens is 255 g/mol. The lowest BCUT2D eigenvalue weighted by molar-refractivity contribution is 0.615. The first-order valence-corrected chi connectivity index (χ1v) is 6.63. The van der Waals surface area contributed by atoms with Crippen LogP contribution in [0.15, 0.2) is 48.7 Å². The summed E-state index contributed by atoms with van der Waals surface area (Å²) in [7, 11) is 0. The van der Waals surface area contributed by atoms with E-state index in [4.69, 9.17) is 0 Å². The Morgan fingerprint density at radius 1 is 1.15 bits per heavy atom. The van der Waals surface area contributed by atoms with Crippen LogP contribution in [-0.2, 0) is 0 Å². The zero-order valence-electron chi connectivity index (χ0n) is 10.7. The van der Waals surface area contributed by atoms with E-state index in [9.17, 15) is 4.39 Å². The van der Waals surface area contributed by atoms with Crippen LogP contribution < -0.4 is 5.32 Å². The Bertz CT molecular complexity index is 753. The Kier molecular flexibility index (Phi) is 2.45. The van der Waals surface area contributed by atoms with Crippen LogP contribution in [0.4, 0.5) is 10.3 Å². The van der Waals surface area contributed by atoms with Crippen molar-refractivity contribution in [3.05, 3.63) is 60.0 Å². The van der Waals surface area contributed by atoms with Gasteiger partial charge in [0.1, 0.15) is 5.82 Å². The van der Waals surface area contributed by atoms with E-state index in [0.717, 1.165) is 6.42 Å². The molecule has 4 nitrogen and oxygen atoms in total. The van der Waals surface area contributed by atoms with E-state index < -0.39 is 0 Å². The highest BCUT2D eigenvalue weighted by molar-refractivity contribution is 5.45. The average Bonchev–Trinajstić information content (AvgIpc) is 3.10. The summed E-state index contributed by atoms with van der Waals surface area (Å²) in [4.78, 5) is 4.34. The molecule has 1 aliphatic rings. The third kappa shape index (κ3) is 2.01. The van der Waals surface area contributed by atoms with Crippen LogP contribution in [0.5, 0.6) is 0 Å². The van der Waals surface area contributed by atoms with Gasteiger partial charge in [-0.05, 0) is 24.1 Å². The van der Waals surface area contributed by atoms with Gasteiger partial charge in [0.05, 0.1) is 6.20 Å². The molecule has 1 saturated carbocycles. The molecule has 2 atom stereocenters. The van der Waals surface area contributed by atoms with Gasteiger partial charge in [-0.1, -0.05) is 30.3 Å². The predicted octanol–water partition coefficient (Wildman–Crippen LogP) is 2.84. The number of anilines is 1. The minimum absolute atomic E-state index is 0.317. The van der Waals surface area contributed by atoms with Crippen LogP contribution in [0.3, 0.4) is 0 Å². The van der Waals surface area contributed by atoms with E-state index in [1.165, 1.54) is 22.3 Å². The normalized spacial score (nSPS) is 21.1. The minimum atomic E-state index is -0.317. The number of halogens is 1. The molecule has 2 unspecified atom stereocenters. The van der Waals surface area contributed by atoms with Crippen molar-refractivity contribution in [2.24, 2.45) is 0 Å². The molecule has 4 rings (SSSR count). The molecule has 20 heavy (non-hydrogen) atoms. The summed E-state index contributed by atoms with van der Waals surface area (Å²) < 4.78 is 14.6. The number of aromatic nitrogens is 3. The smallest absolute Gasteiger partial charge is 0.243 e. The summed E-state index contributed by atoms with van der Waals surface area (Å²) in [5, 5.41) is 7.54. The number of fused-ring (bicyclic) bond motifs is 1. The molecule has 1 aromatic carbocycles. The van der Waals surface area contributed by atoms with Crippen LogP contribution in [0.2, 0.25) is 0 Å². The van der Waals surface area contributed by atoms with Crippen LogP contribution in [0.25, 0.3) is 5.65 Å². The monoisotopic (exact) mass is 268 g/mol. The minimum Gasteiger partial charge on any atom is -0.350 e. The molecule has 5 heteroatoms. The van der Waals surface area contributed by atoms with E-state index in [1.54, 1.807) is 6.07 Å². The number of pyridine rings is 1. The van der Waals surface area contributed by atoms with Crippen molar-refractivity contribution < 1.29 is 4.39 Å². The highest BCUT2D eigenvalue weighted by atomic mass is 19.1. The van der Waals surface area contributed by atoms with Crippen molar-refractivity contribution >= 4 is 11.6 Å². The maximum absolute atomic E-state index is 13.1. The Morgan fingerprint density at radius 2 is 2.00 bits per heavy atom. The first-order chi connectivity index (χ1) is 9.79. The van der Waals surface area contributed by atoms with Gasteiger partial charge in [-0.15, -0.1) is 5.10 Å². The highest BCUT2D eigenvalue weighted by Gasteiger charge is 2.38. The van der Waals surface area contributed by atoms with Gasteiger partial charge in [0.2, 0.25) is 5.95 Å². The van der Waals surface area contributed by atoms with Gasteiger partial charge in [-0.25, -0.2) is 8.91 Å². The fraction of sp³-hybridized carbons (Fsp3) is 0.200. The second kappa shape index (κ2) is 4.30. The van der Waals surface area contributed by atoms with Gasteiger partial charge >= 0.3 is 0 Å². The quantitative estimate of drug-likeness (QED) is 0.794. The highest BCUT2D eigenvalue weighted by Crippen LogP contribution is 2.42. The molecule has 0 radical (unpaired) electrons. The van der Waals surface area contributed by atoms with Crippen molar-refractivity contribution in [2.45, 2.75) is 18.4 Å². The Labute approximate surface area is 115 Å². The maximum Gasteiger partial charge on any atom is 0.243 e. The Hall–Kier alpha value is -2.43. The van der Waals surface area contributed by atoms with E-state index in [0.29, 0.717) is 23.6 Å². The van der Waals surface area contributed by atoms with Gasteiger partial charge in [0.25, 0.3) is 0 Å². The van der Waals surface area contributed by atoms with Crippen LogP contribution in [-0.4, -0.2) is 20.6 Å². The van der Waals surface area contributed by atoms with Gasteiger partial charge in [0.15, 0.2) is 5.65 Å². The molecule has 1 aliphatic carbocycles. The molecule has 0 saturated heterocycles. The largest absolute Gasteiger partial charge is 0.350 e. The lowest BCUT2D eigenvalue weighted by Gasteiger charge is -2.00. The van der Waals surface area contributed by atoms with Crippen molar-refractivity contribution in [1.29, 1.82) is 0 Å². The fourth-order valence-electron chi connectivity index (χ4n) is 2.51. The van der Waals surface area contributed by atoms with E-state index in [2.05, 4.69) is 39.7 Å². The number of nitrogens with zero attached hydrogens (tertiary/aromatic N) is 3. The molecule has 0 amide bonds. The molecule has 3 aromatic rings. The molecule has 0 spiro atoms. The van der Waals surface area contributed by atoms with Crippen molar-refractivity contribution in [3.8, 4) is 0 Å². The SMILES string of the molecule is Fc1ccc2nc(NC3CC3c3ccccc3)nn2c1. The summed E-state index contributed by atoms with van der Waals surface area (Å²) in [6.45, 7) is 0. The number of benzene rings is 1. The van der Waals surface area contributed by atoms with Crippen LogP contribution in [0.1, 0.15) is 17.9 Å². The molecule has 1 fully saturated rings. The second-order valence-corrected chi connectivity index (χ2v) is 5.09. The van der Waals surface area contributed by atoms with Gasteiger partial charge in [0, 0.05) is 12.0 Å². The van der Waals surface area contributed by atoms with Crippen LogP contribution >= 0.6 is 0 Å². The van der Waals surface area contributed by atoms with Gasteiger partial charge in [-0.2, -0.15) is 4.98 Å². The lowest BCUT2D eigenvalue weighted by atomic mass is 10.1.